The van der Waals surface area contributed by atoms with E-state index >= 15 is 0 Å². The highest BCUT2D eigenvalue weighted by atomic mass is 127. The molecule has 0 aromatic rings. The van der Waals surface area contributed by atoms with Crippen molar-refractivity contribution in [1.82, 2.24) is 15.5 Å². The maximum absolute atomic E-state index is 11.5. The van der Waals surface area contributed by atoms with E-state index in [9.17, 15) is 4.79 Å². The molecule has 6 heteroatoms. The SMILES string of the molecule is CN=C(NCC(=O)N(C)C)NC1CC(C)CC(C)C1.I. The van der Waals surface area contributed by atoms with Gasteiger partial charge in [0, 0.05) is 27.2 Å². The zero-order chi connectivity index (χ0) is 14.4. The van der Waals surface area contributed by atoms with Crippen molar-refractivity contribution in [3.63, 3.8) is 0 Å². The molecule has 5 nitrogen and oxygen atoms in total. The van der Waals surface area contributed by atoms with E-state index in [1.807, 2.05) is 0 Å². The Hall–Kier alpha value is -0.530. The van der Waals surface area contributed by atoms with Gasteiger partial charge in [-0.3, -0.25) is 9.79 Å². The molecule has 0 heterocycles. The molecular formula is C14H29IN4O. The second-order valence-corrected chi connectivity index (χ2v) is 5.97. The van der Waals surface area contributed by atoms with Crippen molar-refractivity contribution in [3.8, 4) is 0 Å². The van der Waals surface area contributed by atoms with E-state index in [1.165, 1.54) is 19.3 Å². The van der Waals surface area contributed by atoms with Crippen molar-refractivity contribution in [2.75, 3.05) is 27.7 Å². The fraction of sp³-hybridized carbons (Fsp3) is 0.857. The minimum atomic E-state index is 0. The lowest BCUT2D eigenvalue weighted by Crippen LogP contribution is -2.48. The van der Waals surface area contributed by atoms with E-state index in [-0.39, 0.29) is 36.4 Å². The standard InChI is InChI=1S/C14H28N4O.HI/c1-10-6-11(2)8-12(7-10)17-14(15-3)16-9-13(19)18(4)5;/h10-12H,6-9H2,1-5H3,(H2,15,16,17);1H. The van der Waals surface area contributed by atoms with Crippen LogP contribution in [0.15, 0.2) is 4.99 Å². The number of nitrogens with zero attached hydrogens (tertiary/aromatic N) is 2. The van der Waals surface area contributed by atoms with Gasteiger partial charge >= 0.3 is 0 Å². The van der Waals surface area contributed by atoms with Crippen LogP contribution < -0.4 is 10.6 Å². The maximum Gasteiger partial charge on any atom is 0.241 e. The lowest BCUT2D eigenvalue weighted by atomic mass is 9.80. The van der Waals surface area contributed by atoms with Crippen LogP contribution in [-0.4, -0.2) is 50.5 Å². The molecule has 2 unspecified atom stereocenters. The van der Waals surface area contributed by atoms with Crippen molar-refractivity contribution < 1.29 is 4.79 Å². The summed E-state index contributed by atoms with van der Waals surface area (Å²) < 4.78 is 0. The zero-order valence-electron chi connectivity index (χ0n) is 13.3. The van der Waals surface area contributed by atoms with Gasteiger partial charge in [-0.15, -0.1) is 24.0 Å². The summed E-state index contributed by atoms with van der Waals surface area (Å²) in [6.45, 7) is 4.89. The minimum Gasteiger partial charge on any atom is -0.354 e. The molecule has 0 bridgehead atoms. The summed E-state index contributed by atoms with van der Waals surface area (Å²) in [4.78, 5) is 17.3. The molecule has 20 heavy (non-hydrogen) atoms. The van der Waals surface area contributed by atoms with E-state index in [0.29, 0.717) is 6.04 Å². The van der Waals surface area contributed by atoms with Gasteiger partial charge in [-0.1, -0.05) is 13.8 Å². The second kappa shape index (κ2) is 9.41. The van der Waals surface area contributed by atoms with Gasteiger partial charge in [0.25, 0.3) is 0 Å². The summed E-state index contributed by atoms with van der Waals surface area (Å²) in [7, 11) is 5.25. The van der Waals surface area contributed by atoms with Crippen molar-refractivity contribution in [2.24, 2.45) is 16.8 Å². The van der Waals surface area contributed by atoms with Crippen molar-refractivity contribution >= 4 is 35.8 Å². The largest absolute Gasteiger partial charge is 0.354 e. The lowest BCUT2D eigenvalue weighted by molar-refractivity contribution is -0.127. The Bertz CT molecular complexity index is 323. The van der Waals surface area contributed by atoms with E-state index in [0.717, 1.165) is 17.8 Å². The number of aliphatic imine (C=N–C) groups is 1. The minimum absolute atomic E-state index is 0. The monoisotopic (exact) mass is 396 g/mol. The van der Waals surface area contributed by atoms with Crippen LogP contribution in [0.4, 0.5) is 0 Å². The molecule has 2 atom stereocenters. The number of hydrogen-bond acceptors (Lipinski definition) is 2. The summed E-state index contributed by atoms with van der Waals surface area (Å²) in [5, 5.41) is 6.50. The first-order valence-electron chi connectivity index (χ1n) is 7.09. The lowest BCUT2D eigenvalue weighted by Gasteiger charge is -2.32. The van der Waals surface area contributed by atoms with Crippen LogP contribution in [0.1, 0.15) is 33.1 Å². The van der Waals surface area contributed by atoms with Gasteiger partial charge in [-0.25, -0.2) is 0 Å². The molecule has 0 aromatic heterocycles. The highest BCUT2D eigenvalue weighted by molar-refractivity contribution is 14.0. The summed E-state index contributed by atoms with van der Waals surface area (Å²) in [5.41, 5.74) is 0. The number of amides is 1. The van der Waals surface area contributed by atoms with E-state index in [4.69, 9.17) is 0 Å². The molecule has 0 radical (unpaired) electrons. The van der Waals surface area contributed by atoms with Gasteiger partial charge in [0.05, 0.1) is 6.54 Å². The van der Waals surface area contributed by atoms with Crippen molar-refractivity contribution in [3.05, 3.63) is 0 Å². The number of carbonyl (C=O) groups is 1. The highest BCUT2D eigenvalue weighted by Gasteiger charge is 2.24. The Morgan fingerprint density at radius 1 is 1.20 bits per heavy atom. The highest BCUT2D eigenvalue weighted by Crippen LogP contribution is 2.28. The second-order valence-electron chi connectivity index (χ2n) is 5.97. The first kappa shape index (κ1) is 19.5. The predicted molar refractivity (Wildman–Crippen MR) is 94.6 cm³/mol. The number of carbonyl (C=O) groups excluding carboxylic acids is 1. The molecule has 1 aliphatic rings. The third-order valence-electron chi connectivity index (χ3n) is 3.65. The molecule has 2 N–H and O–H groups in total. The number of rotatable bonds is 3. The molecule has 1 amide bonds. The van der Waals surface area contributed by atoms with Crippen LogP contribution in [0.5, 0.6) is 0 Å². The molecule has 1 aliphatic carbocycles. The van der Waals surface area contributed by atoms with Gasteiger partial charge in [-0.2, -0.15) is 0 Å². The first-order chi connectivity index (χ1) is 8.92. The molecule has 0 saturated heterocycles. The van der Waals surface area contributed by atoms with Crippen molar-refractivity contribution in [2.45, 2.75) is 39.2 Å². The van der Waals surface area contributed by atoms with Gasteiger partial charge in [0.1, 0.15) is 0 Å². The van der Waals surface area contributed by atoms with Crippen LogP contribution in [0.25, 0.3) is 0 Å². The summed E-state index contributed by atoms with van der Waals surface area (Å²) in [6, 6.07) is 0.458. The molecule has 118 valence electrons. The molecule has 1 fully saturated rings. The average Bonchev–Trinajstić information content (AvgIpc) is 2.32. The van der Waals surface area contributed by atoms with E-state index < -0.39 is 0 Å². The molecule has 1 saturated carbocycles. The number of likely N-dealkylation sites (N-methyl/N-ethyl adjacent to an activating group) is 1. The third kappa shape index (κ3) is 6.76. The third-order valence-corrected chi connectivity index (χ3v) is 3.65. The molecule has 0 aliphatic heterocycles. The van der Waals surface area contributed by atoms with Gasteiger partial charge in [0.15, 0.2) is 5.96 Å². The van der Waals surface area contributed by atoms with Crippen LogP contribution in [-0.2, 0) is 4.79 Å². The van der Waals surface area contributed by atoms with E-state index in [2.05, 4.69) is 29.5 Å². The Balaban J connectivity index is 0.00000361. The molecule has 0 aromatic carbocycles. The topological polar surface area (TPSA) is 56.7 Å². The normalized spacial score (nSPS) is 26.4. The number of nitrogens with one attached hydrogen (secondary N) is 2. The average molecular weight is 396 g/mol. The smallest absolute Gasteiger partial charge is 0.241 e. The quantitative estimate of drug-likeness (QED) is 0.434. The number of hydrogen-bond donors (Lipinski definition) is 2. The molecule has 1 rings (SSSR count). The molecule has 0 spiro atoms. The first-order valence-corrected chi connectivity index (χ1v) is 7.09. The van der Waals surface area contributed by atoms with Gasteiger partial charge < -0.3 is 15.5 Å². The van der Waals surface area contributed by atoms with Gasteiger partial charge in [-0.05, 0) is 31.1 Å². The summed E-state index contributed by atoms with van der Waals surface area (Å²) >= 11 is 0. The van der Waals surface area contributed by atoms with Crippen LogP contribution in [0.3, 0.4) is 0 Å². The maximum atomic E-state index is 11.5. The van der Waals surface area contributed by atoms with Gasteiger partial charge in [0.2, 0.25) is 5.91 Å². The Kier molecular flexibility index (Phi) is 9.16. The van der Waals surface area contributed by atoms with Crippen LogP contribution in [0, 0.1) is 11.8 Å². The number of guanidine groups is 1. The fourth-order valence-corrected chi connectivity index (χ4v) is 2.77. The summed E-state index contributed by atoms with van der Waals surface area (Å²) in [5.74, 6) is 2.28. The van der Waals surface area contributed by atoms with Crippen molar-refractivity contribution in [1.29, 1.82) is 0 Å². The Morgan fingerprint density at radius 2 is 1.75 bits per heavy atom. The zero-order valence-corrected chi connectivity index (χ0v) is 15.6. The fourth-order valence-electron chi connectivity index (χ4n) is 2.77. The van der Waals surface area contributed by atoms with E-state index in [1.54, 1.807) is 26.0 Å². The van der Waals surface area contributed by atoms with Crippen LogP contribution in [0.2, 0.25) is 0 Å². The molecular weight excluding hydrogens is 367 g/mol. The Labute approximate surface area is 140 Å². The predicted octanol–water partition coefficient (Wildman–Crippen LogP) is 1.68. The van der Waals surface area contributed by atoms with Crippen LogP contribution >= 0.6 is 24.0 Å². The number of halogens is 1. The Morgan fingerprint density at radius 3 is 2.20 bits per heavy atom. The summed E-state index contributed by atoms with van der Waals surface area (Å²) in [6.07, 6.45) is 3.66.